The van der Waals surface area contributed by atoms with E-state index < -0.39 is 23.8 Å². The predicted molar refractivity (Wildman–Crippen MR) is 72.2 cm³/mol. The Labute approximate surface area is 121 Å². The predicted octanol–water partition coefficient (Wildman–Crippen LogP) is 0.770. The van der Waals surface area contributed by atoms with Crippen LogP contribution in [-0.2, 0) is 20.0 Å². The maximum Gasteiger partial charge on any atom is 0.323 e. The highest BCUT2D eigenvalue weighted by atomic mass is 35.5. The minimum absolute atomic E-state index is 0.172. The molecule has 3 atom stereocenters. The fourth-order valence-electron chi connectivity index (χ4n) is 2.86. The van der Waals surface area contributed by atoms with E-state index in [1.165, 1.54) is 12.2 Å². The van der Waals surface area contributed by atoms with Crippen molar-refractivity contribution >= 4 is 23.3 Å². The second-order valence-electron chi connectivity index (χ2n) is 4.99. The molecule has 3 rings (SSSR count). The summed E-state index contributed by atoms with van der Waals surface area (Å²) in [5, 5.41) is 15.9. The van der Waals surface area contributed by atoms with Crippen LogP contribution in [0.5, 0.6) is 0 Å². The van der Waals surface area contributed by atoms with Gasteiger partial charge in [0.1, 0.15) is 11.6 Å². The van der Waals surface area contributed by atoms with Gasteiger partial charge in [0, 0.05) is 19.0 Å². The van der Waals surface area contributed by atoms with Crippen LogP contribution >= 0.6 is 11.6 Å². The molecule has 1 aromatic carbocycles. The summed E-state index contributed by atoms with van der Waals surface area (Å²) in [6.07, 6.45) is -0.548. The molecule has 2 N–H and O–H groups in total. The lowest BCUT2D eigenvalue weighted by Crippen LogP contribution is -2.51. The van der Waals surface area contributed by atoms with Gasteiger partial charge in [-0.25, -0.2) is 0 Å². The van der Waals surface area contributed by atoms with E-state index in [1.807, 2.05) is 0 Å². The number of methoxy groups -OCH3 is 1. The zero-order valence-electron chi connectivity index (χ0n) is 11.1. The molecule has 2 heterocycles. The number of benzene rings is 1. The highest BCUT2D eigenvalue weighted by Crippen LogP contribution is 2.47. The zero-order chi connectivity index (χ0) is 14.5. The average molecular weight is 299 g/mol. The van der Waals surface area contributed by atoms with Gasteiger partial charge in [-0.15, -0.1) is 0 Å². The van der Waals surface area contributed by atoms with Crippen LogP contribution < -0.4 is 10.4 Å². The first-order valence-corrected chi connectivity index (χ1v) is 6.61. The van der Waals surface area contributed by atoms with Crippen molar-refractivity contribution in [3.63, 3.8) is 0 Å². The number of para-hydroxylation sites is 1. The molecule has 20 heavy (non-hydrogen) atoms. The van der Waals surface area contributed by atoms with Gasteiger partial charge < -0.3 is 9.84 Å². The Balaban J connectivity index is 2.05. The molecule has 0 radical (unpaired) electrons. The Morgan fingerprint density at radius 1 is 1.65 bits per heavy atom. The molecule has 2 aliphatic rings. The van der Waals surface area contributed by atoms with Crippen LogP contribution in [0.1, 0.15) is 12.0 Å². The van der Waals surface area contributed by atoms with Gasteiger partial charge in [0.05, 0.1) is 17.8 Å². The second kappa shape index (κ2) is 4.60. The van der Waals surface area contributed by atoms with Gasteiger partial charge in [0.25, 0.3) is 0 Å². The zero-order valence-corrected chi connectivity index (χ0v) is 11.8. The first-order valence-electron chi connectivity index (χ1n) is 6.23. The third-order valence-corrected chi connectivity index (χ3v) is 4.12. The first kappa shape index (κ1) is 13.6. The standard InChI is InChI=1S/C13H15ClN2O4/c1-16-10-7(4-3-5-8(10)14)13(18)6-9(11(17)19-2)15-12(13)20-16/h3-5,9,12,15,18H,6H2,1-2H3/t9-,12+,13+/m0/s1. The SMILES string of the molecule is COC(=O)[C@@H]1C[C@@]2(O)c3cccc(Cl)c3N(C)O[C@H]2N1. The number of aliphatic hydroxyl groups is 1. The van der Waals surface area contributed by atoms with Crippen LogP contribution in [-0.4, -0.2) is 37.5 Å². The number of fused-ring (bicyclic) bond motifs is 3. The maximum atomic E-state index is 11.7. The van der Waals surface area contributed by atoms with Crippen molar-refractivity contribution in [1.82, 2.24) is 5.32 Å². The van der Waals surface area contributed by atoms with E-state index in [-0.39, 0.29) is 6.42 Å². The van der Waals surface area contributed by atoms with Crippen molar-refractivity contribution in [1.29, 1.82) is 0 Å². The van der Waals surface area contributed by atoms with Gasteiger partial charge in [0.15, 0.2) is 6.23 Å². The van der Waals surface area contributed by atoms with Crippen molar-refractivity contribution in [3.8, 4) is 0 Å². The Morgan fingerprint density at radius 3 is 3.10 bits per heavy atom. The van der Waals surface area contributed by atoms with Crippen LogP contribution in [0.25, 0.3) is 0 Å². The number of hydroxylamine groups is 1. The van der Waals surface area contributed by atoms with Crippen molar-refractivity contribution < 1.29 is 19.5 Å². The Morgan fingerprint density at radius 2 is 2.40 bits per heavy atom. The second-order valence-corrected chi connectivity index (χ2v) is 5.40. The summed E-state index contributed by atoms with van der Waals surface area (Å²) in [6.45, 7) is 0. The molecule has 1 fully saturated rings. The summed E-state index contributed by atoms with van der Waals surface area (Å²) in [5.41, 5.74) is -0.0612. The molecule has 0 saturated carbocycles. The molecule has 0 aliphatic carbocycles. The number of anilines is 1. The number of nitrogens with zero attached hydrogens (tertiary/aromatic N) is 1. The molecule has 6 nitrogen and oxygen atoms in total. The lowest BCUT2D eigenvalue weighted by atomic mass is 9.87. The van der Waals surface area contributed by atoms with E-state index in [9.17, 15) is 9.90 Å². The average Bonchev–Trinajstić information content (AvgIpc) is 2.76. The normalized spacial score (nSPS) is 31.7. The number of hydrogen-bond donors (Lipinski definition) is 2. The highest BCUT2D eigenvalue weighted by molar-refractivity contribution is 6.33. The van der Waals surface area contributed by atoms with Gasteiger partial charge in [0.2, 0.25) is 0 Å². The fourth-order valence-corrected chi connectivity index (χ4v) is 3.15. The molecule has 1 aromatic rings. The number of hydrogen-bond acceptors (Lipinski definition) is 6. The van der Waals surface area contributed by atoms with Crippen LogP contribution in [0.15, 0.2) is 18.2 Å². The van der Waals surface area contributed by atoms with Crippen LogP contribution in [0.2, 0.25) is 5.02 Å². The fraction of sp³-hybridized carbons (Fsp3) is 0.462. The molecular weight excluding hydrogens is 284 g/mol. The minimum atomic E-state index is -1.31. The third-order valence-electron chi connectivity index (χ3n) is 3.82. The highest BCUT2D eigenvalue weighted by Gasteiger charge is 2.55. The molecule has 0 spiro atoms. The maximum absolute atomic E-state index is 11.7. The summed E-state index contributed by atoms with van der Waals surface area (Å²) in [7, 11) is 3.02. The van der Waals surface area contributed by atoms with Crippen molar-refractivity contribution in [2.45, 2.75) is 24.3 Å². The van der Waals surface area contributed by atoms with Crippen molar-refractivity contribution in [2.24, 2.45) is 0 Å². The molecule has 1 saturated heterocycles. The number of carbonyl (C=O) groups excluding carboxylic acids is 1. The van der Waals surface area contributed by atoms with E-state index in [2.05, 4.69) is 5.32 Å². The quantitative estimate of drug-likeness (QED) is 0.746. The Hall–Kier alpha value is -1.34. The van der Waals surface area contributed by atoms with Gasteiger partial charge in [-0.3, -0.25) is 20.0 Å². The number of ether oxygens (including phenoxy) is 1. The number of nitrogens with one attached hydrogen (secondary N) is 1. The molecule has 2 aliphatic heterocycles. The Bertz CT molecular complexity index is 567. The lowest BCUT2D eigenvalue weighted by molar-refractivity contribution is -0.143. The van der Waals surface area contributed by atoms with E-state index in [0.29, 0.717) is 16.3 Å². The van der Waals surface area contributed by atoms with Gasteiger partial charge in [-0.2, -0.15) is 0 Å². The summed E-state index contributed by atoms with van der Waals surface area (Å²) < 4.78 is 4.72. The summed E-state index contributed by atoms with van der Waals surface area (Å²) in [4.78, 5) is 17.3. The third kappa shape index (κ3) is 1.80. The smallest absolute Gasteiger partial charge is 0.323 e. The van der Waals surface area contributed by atoms with Gasteiger partial charge in [-0.1, -0.05) is 23.7 Å². The lowest BCUT2D eigenvalue weighted by Gasteiger charge is -2.40. The molecule has 0 unspecified atom stereocenters. The van der Waals surface area contributed by atoms with E-state index >= 15 is 0 Å². The van der Waals surface area contributed by atoms with E-state index in [0.717, 1.165) is 0 Å². The molecule has 7 heteroatoms. The molecule has 108 valence electrons. The van der Waals surface area contributed by atoms with Crippen LogP contribution in [0.4, 0.5) is 5.69 Å². The minimum Gasteiger partial charge on any atom is -0.468 e. The van der Waals surface area contributed by atoms with Crippen LogP contribution in [0, 0.1) is 0 Å². The van der Waals surface area contributed by atoms with Crippen LogP contribution in [0.3, 0.4) is 0 Å². The number of rotatable bonds is 1. The topological polar surface area (TPSA) is 71.0 Å². The van der Waals surface area contributed by atoms with Gasteiger partial charge in [-0.05, 0) is 6.07 Å². The number of esters is 1. The first-order chi connectivity index (χ1) is 9.47. The van der Waals surface area contributed by atoms with E-state index in [4.69, 9.17) is 21.2 Å². The van der Waals surface area contributed by atoms with Crippen molar-refractivity contribution in [2.75, 3.05) is 19.2 Å². The number of halogens is 1. The van der Waals surface area contributed by atoms with Gasteiger partial charge >= 0.3 is 5.97 Å². The largest absolute Gasteiger partial charge is 0.468 e. The van der Waals surface area contributed by atoms with E-state index in [1.54, 1.807) is 25.2 Å². The summed E-state index contributed by atoms with van der Waals surface area (Å²) >= 11 is 6.17. The monoisotopic (exact) mass is 298 g/mol. The summed E-state index contributed by atoms with van der Waals surface area (Å²) in [5.74, 6) is -0.428. The van der Waals surface area contributed by atoms with Crippen molar-refractivity contribution in [3.05, 3.63) is 28.8 Å². The summed E-state index contributed by atoms with van der Waals surface area (Å²) in [6, 6.07) is 4.66. The number of carbonyl (C=O) groups is 1. The Kier molecular flexibility index (Phi) is 3.13. The molecule has 0 amide bonds. The molecular formula is C13H15ClN2O4. The molecule has 0 bridgehead atoms. The molecule has 0 aromatic heterocycles.